The van der Waals surface area contributed by atoms with Gasteiger partial charge in [0.15, 0.2) is 5.82 Å². The van der Waals surface area contributed by atoms with E-state index in [1.165, 1.54) is 22.6 Å². The molecule has 0 spiro atoms. The number of benzene rings is 1. The van der Waals surface area contributed by atoms with Gasteiger partial charge in [0.2, 0.25) is 5.88 Å². The third-order valence-electron chi connectivity index (χ3n) is 4.87. The zero-order valence-electron chi connectivity index (χ0n) is 15.2. The smallest absolute Gasteiger partial charge is 0.232 e. The molecular weight excluding hydrogens is 389 g/mol. The van der Waals surface area contributed by atoms with E-state index in [2.05, 4.69) is 15.0 Å². The van der Waals surface area contributed by atoms with Crippen LogP contribution in [0.25, 0.3) is 21.7 Å². The maximum Gasteiger partial charge on any atom is 0.232 e. The van der Waals surface area contributed by atoms with E-state index < -0.39 is 5.82 Å². The first-order valence-corrected chi connectivity index (χ1v) is 10.0. The van der Waals surface area contributed by atoms with E-state index in [1.54, 1.807) is 36.0 Å². The summed E-state index contributed by atoms with van der Waals surface area (Å²) in [5.41, 5.74) is 1.56. The van der Waals surface area contributed by atoms with Crippen molar-refractivity contribution in [1.29, 1.82) is 5.26 Å². The van der Waals surface area contributed by atoms with E-state index in [9.17, 15) is 9.65 Å². The highest BCUT2D eigenvalue weighted by molar-refractivity contribution is 7.18. The molecule has 0 N–H and O–H groups in total. The van der Waals surface area contributed by atoms with Crippen molar-refractivity contribution in [1.82, 2.24) is 19.9 Å². The van der Waals surface area contributed by atoms with Crippen LogP contribution in [-0.2, 0) is 12.8 Å². The van der Waals surface area contributed by atoms with Crippen LogP contribution in [0.3, 0.4) is 0 Å². The molecule has 29 heavy (non-hydrogen) atoms. The van der Waals surface area contributed by atoms with Crippen molar-refractivity contribution < 1.29 is 9.13 Å². The lowest BCUT2D eigenvalue weighted by atomic mass is 9.97. The van der Waals surface area contributed by atoms with E-state index in [0.29, 0.717) is 17.4 Å². The van der Waals surface area contributed by atoms with Crippen LogP contribution in [0.4, 0.5) is 4.39 Å². The van der Waals surface area contributed by atoms with E-state index >= 15 is 0 Å². The van der Waals surface area contributed by atoms with Gasteiger partial charge in [-0.25, -0.2) is 14.4 Å². The number of aryl methyl sites for hydroxylation is 2. The van der Waals surface area contributed by atoms with Crippen LogP contribution in [0.15, 0.2) is 36.8 Å². The summed E-state index contributed by atoms with van der Waals surface area (Å²) >= 11 is 1.63. The van der Waals surface area contributed by atoms with Crippen molar-refractivity contribution in [2.45, 2.75) is 25.7 Å². The summed E-state index contributed by atoms with van der Waals surface area (Å²) in [6.45, 7) is 0. The monoisotopic (exact) mass is 403 g/mol. The second kappa shape index (κ2) is 7.18. The molecule has 3 aromatic heterocycles. The average Bonchev–Trinajstić information content (AvgIpc) is 3.13. The van der Waals surface area contributed by atoms with Gasteiger partial charge in [-0.1, -0.05) is 6.07 Å². The van der Waals surface area contributed by atoms with Crippen LogP contribution in [0.2, 0.25) is 0 Å². The van der Waals surface area contributed by atoms with Crippen LogP contribution in [0, 0.1) is 17.1 Å². The van der Waals surface area contributed by atoms with Crippen LogP contribution in [-0.4, -0.2) is 19.9 Å². The van der Waals surface area contributed by atoms with Crippen LogP contribution >= 0.6 is 11.3 Å². The summed E-state index contributed by atoms with van der Waals surface area (Å²) in [5.74, 6) is 0.205. The standard InChI is InChI=1S/C21H14FN5OS/c22-14-5-3-6-16(13(14)10-23)28-20-18-12-4-1-2-7-17(12)29-21(18)27-19(26-20)15-11-24-8-9-25-15/h3,5-6,8-9,11H,1-2,4,7H2. The first kappa shape index (κ1) is 17.6. The van der Waals surface area contributed by atoms with Gasteiger partial charge in [0.05, 0.1) is 11.6 Å². The number of ether oxygens (including phenoxy) is 1. The average molecular weight is 403 g/mol. The molecule has 0 atom stereocenters. The zero-order valence-corrected chi connectivity index (χ0v) is 16.0. The third kappa shape index (κ3) is 3.09. The number of hydrogen-bond donors (Lipinski definition) is 0. The number of thiophene rings is 1. The highest BCUT2D eigenvalue weighted by Gasteiger charge is 2.24. The molecule has 1 aliphatic carbocycles. The predicted octanol–water partition coefficient (Wildman–Crippen LogP) is 4.83. The summed E-state index contributed by atoms with van der Waals surface area (Å²) in [4.78, 5) is 19.7. The minimum atomic E-state index is -0.628. The van der Waals surface area contributed by atoms with Crippen molar-refractivity contribution in [2.24, 2.45) is 0 Å². The topological polar surface area (TPSA) is 84.6 Å². The minimum absolute atomic E-state index is 0.133. The van der Waals surface area contributed by atoms with E-state index in [4.69, 9.17) is 9.72 Å². The Morgan fingerprint density at radius 2 is 2.03 bits per heavy atom. The second-order valence-electron chi connectivity index (χ2n) is 6.66. The Morgan fingerprint density at radius 3 is 2.86 bits per heavy atom. The maximum atomic E-state index is 14.1. The Bertz CT molecular complexity index is 1270. The SMILES string of the molecule is N#Cc1c(F)cccc1Oc1nc(-c2cnccn2)nc2sc3c(c12)CCCC3. The van der Waals surface area contributed by atoms with E-state index in [0.717, 1.165) is 35.9 Å². The van der Waals surface area contributed by atoms with Gasteiger partial charge in [0.25, 0.3) is 0 Å². The molecular formula is C21H14FN5OS. The molecule has 0 amide bonds. The number of halogens is 1. The number of fused-ring (bicyclic) bond motifs is 3. The Labute approximate surface area is 169 Å². The number of nitrogens with zero attached hydrogens (tertiary/aromatic N) is 5. The van der Waals surface area contributed by atoms with Gasteiger partial charge in [-0.05, 0) is 43.4 Å². The summed E-state index contributed by atoms with van der Waals surface area (Å²) < 4.78 is 20.1. The highest BCUT2D eigenvalue weighted by atomic mass is 32.1. The van der Waals surface area contributed by atoms with E-state index in [1.807, 2.05) is 6.07 Å². The molecule has 0 saturated heterocycles. The first-order valence-electron chi connectivity index (χ1n) is 9.19. The van der Waals surface area contributed by atoms with Gasteiger partial charge in [-0.15, -0.1) is 11.3 Å². The summed E-state index contributed by atoms with van der Waals surface area (Å²) in [5, 5.41) is 10.2. The fourth-order valence-corrected chi connectivity index (χ4v) is 4.78. The molecule has 6 nitrogen and oxygen atoms in total. The molecule has 0 saturated carbocycles. The third-order valence-corrected chi connectivity index (χ3v) is 6.05. The van der Waals surface area contributed by atoms with Crippen LogP contribution in [0.1, 0.15) is 28.8 Å². The van der Waals surface area contributed by atoms with Gasteiger partial charge < -0.3 is 4.74 Å². The van der Waals surface area contributed by atoms with E-state index in [-0.39, 0.29) is 11.3 Å². The Morgan fingerprint density at radius 1 is 1.14 bits per heavy atom. The van der Waals surface area contributed by atoms with Gasteiger partial charge in [-0.2, -0.15) is 10.2 Å². The molecule has 0 fully saturated rings. The Hall–Kier alpha value is -3.44. The van der Waals surface area contributed by atoms with Gasteiger partial charge >= 0.3 is 0 Å². The largest absolute Gasteiger partial charge is 0.437 e. The number of aromatic nitrogens is 4. The molecule has 0 aliphatic heterocycles. The zero-order chi connectivity index (χ0) is 19.8. The number of hydrogen-bond acceptors (Lipinski definition) is 7. The second-order valence-corrected chi connectivity index (χ2v) is 7.74. The fourth-order valence-electron chi connectivity index (χ4n) is 3.53. The molecule has 0 unspecified atom stereocenters. The molecule has 5 rings (SSSR count). The Kier molecular flexibility index (Phi) is 4.37. The lowest BCUT2D eigenvalue weighted by molar-refractivity contribution is 0.461. The van der Waals surface area contributed by atoms with Crippen molar-refractivity contribution in [3.63, 3.8) is 0 Å². The molecule has 0 radical (unpaired) electrons. The molecule has 142 valence electrons. The lowest BCUT2D eigenvalue weighted by Gasteiger charge is -2.13. The molecule has 0 bridgehead atoms. The van der Waals surface area contributed by atoms with Gasteiger partial charge in [0.1, 0.15) is 33.7 Å². The van der Waals surface area contributed by atoms with Gasteiger partial charge in [0, 0.05) is 17.3 Å². The lowest BCUT2D eigenvalue weighted by Crippen LogP contribution is -2.01. The molecule has 1 aliphatic rings. The fraction of sp³-hybridized carbons (Fsp3) is 0.190. The maximum absolute atomic E-state index is 14.1. The minimum Gasteiger partial charge on any atom is -0.437 e. The molecule has 8 heteroatoms. The first-order chi connectivity index (χ1) is 14.2. The van der Waals surface area contributed by atoms with Crippen LogP contribution in [0.5, 0.6) is 11.6 Å². The number of nitriles is 1. The normalized spacial score (nSPS) is 13.1. The molecule has 4 aromatic rings. The molecule has 1 aromatic carbocycles. The quantitative estimate of drug-likeness (QED) is 0.487. The molecule has 3 heterocycles. The van der Waals surface area contributed by atoms with Gasteiger partial charge in [-0.3, -0.25) is 4.98 Å². The highest BCUT2D eigenvalue weighted by Crippen LogP contribution is 2.42. The predicted molar refractivity (Wildman–Crippen MR) is 106 cm³/mol. The summed E-state index contributed by atoms with van der Waals surface area (Å²) in [6.07, 6.45) is 8.89. The summed E-state index contributed by atoms with van der Waals surface area (Å²) in [6, 6.07) is 6.18. The van der Waals surface area contributed by atoms with Crippen molar-refractivity contribution >= 4 is 21.6 Å². The van der Waals surface area contributed by atoms with Crippen molar-refractivity contribution in [3.05, 3.63) is 58.6 Å². The Balaban J connectivity index is 1.73. The van der Waals surface area contributed by atoms with Crippen molar-refractivity contribution in [3.8, 4) is 29.2 Å². The summed E-state index contributed by atoms with van der Waals surface area (Å²) in [7, 11) is 0. The number of rotatable bonds is 3. The van der Waals surface area contributed by atoms with Crippen LogP contribution < -0.4 is 4.74 Å². The van der Waals surface area contributed by atoms with Crippen molar-refractivity contribution in [2.75, 3.05) is 0 Å².